The van der Waals surface area contributed by atoms with Gasteiger partial charge in [-0.1, -0.05) is 20.8 Å². The SMILES string of the molecule is CCCNC(C)(C#N)CN1CCC(N(CC)CC)C1. The highest BCUT2D eigenvalue weighted by atomic mass is 15.3. The predicted octanol–water partition coefficient (Wildman–Crippen LogP) is 1.68. The zero-order valence-electron chi connectivity index (χ0n) is 13.1. The maximum absolute atomic E-state index is 9.39. The van der Waals surface area contributed by atoms with E-state index in [1.807, 2.05) is 6.92 Å². The predicted molar refractivity (Wildman–Crippen MR) is 80.1 cm³/mol. The molecule has 1 aliphatic rings. The summed E-state index contributed by atoms with van der Waals surface area (Å²) in [5, 5.41) is 12.8. The first-order valence-corrected chi connectivity index (χ1v) is 7.71. The second kappa shape index (κ2) is 7.84. The smallest absolute Gasteiger partial charge is 0.116 e. The summed E-state index contributed by atoms with van der Waals surface area (Å²) in [7, 11) is 0. The highest BCUT2D eigenvalue weighted by molar-refractivity contribution is 5.06. The van der Waals surface area contributed by atoms with E-state index in [9.17, 15) is 5.26 Å². The van der Waals surface area contributed by atoms with E-state index in [4.69, 9.17) is 0 Å². The first kappa shape index (κ1) is 16.4. The molecule has 0 saturated carbocycles. The van der Waals surface area contributed by atoms with Crippen LogP contribution in [-0.4, -0.2) is 60.6 Å². The Balaban J connectivity index is 2.48. The molecule has 1 aliphatic heterocycles. The molecule has 0 spiro atoms. The molecule has 110 valence electrons. The van der Waals surface area contributed by atoms with Crippen LogP contribution < -0.4 is 5.32 Å². The van der Waals surface area contributed by atoms with E-state index in [1.54, 1.807) is 0 Å². The van der Waals surface area contributed by atoms with Crippen molar-refractivity contribution >= 4 is 0 Å². The molecular formula is C15H30N4. The normalized spacial score (nSPS) is 23.5. The Labute approximate surface area is 118 Å². The highest BCUT2D eigenvalue weighted by Gasteiger charge is 2.32. The molecule has 0 amide bonds. The standard InChI is InChI=1S/C15H30N4/c1-5-9-17-15(4,12-16)13-18-10-8-14(11-18)19(6-2)7-3/h14,17H,5-11,13H2,1-4H3. The van der Waals surface area contributed by atoms with Crippen molar-refractivity contribution in [3.05, 3.63) is 0 Å². The van der Waals surface area contributed by atoms with Gasteiger partial charge in [0, 0.05) is 19.1 Å². The van der Waals surface area contributed by atoms with E-state index in [0.717, 1.165) is 45.7 Å². The minimum Gasteiger partial charge on any atom is -0.300 e. The Kier molecular flexibility index (Phi) is 6.78. The quantitative estimate of drug-likeness (QED) is 0.726. The largest absolute Gasteiger partial charge is 0.300 e. The van der Waals surface area contributed by atoms with E-state index in [0.29, 0.717) is 6.04 Å². The van der Waals surface area contributed by atoms with Crippen molar-refractivity contribution in [2.75, 3.05) is 39.3 Å². The van der Waals surface area contributed by atoms with Crippen LogP contribution in [0, 0.1) is 11.3 Å². The average Bonchev–Trinajstić information content (AvgIpc) is 2.86. The van der Waals surface area contributed by atoms with Crippen LogP contribution in [0.2, 0.25) is 0 Å². The number of nitrogens with one attached hydrogen (secondary N) is 1. The monoisotopic (exact) mass is 266 g/mol. The van der Waals surface area contributed by atoms with E-state index in [2.05, 4.69) is 42.0 Å². The second-order valence-electron chi connectivity index (χ2n) is 5.77. The van der Waals surface area contributed by atoms with E-state index >= 15 is 0 Å². The molecule has 0 aliphatic carbocycles. The lowest BCUT2D eigenvalue weighted by molar-refractivity contribution is 0.198. The number of hydrogen-bond acceptors (Lipinski definition) is 4. The van der Waals surface area contributed by atoms with Gasteiger partial charge in [0.2, 0.25) is 0 Å². The molecule has 1 fully saturated rings. The van der Waals surface area contributed by atoms with Crippen LogP contribution in [0.5, 0.6) is 0 Å². The lowest BCUT2D eigenvalue weighted by Gasteiger charge is -2.30. The van der Waals surface area contributed by atoms with Crippen LogP contribution in [0.15, 0.2) is 0 Å². The average molecular weight is 266 g/mol. The molecule has 0 aromatic heterocycles. The van der Waals surface area contributed by atoms with Gasteiger partial charge in [-0.25, -0.2) is 0 Å². The fraction of sp³-hybridized carbons (Fsp3) is 0.933. The van der Waals surface area contributed by atoms with Crippen LogP contribution in [0.4, 0.5) is 0 Å². The zero-order chi connectivity index (χ0) is 14.3. The lowest BCUT2D eigenvalue weighted by atomic mass is 10.0. The number of nitrogens with zero attached hydrogens (tertiary/aromatic N) is 3. The number of nitriles is 1. The van der Waals surface area contributed by atoms with Gasteiger partial charge >= 0.3 is 0 Å². The van der Waals surface area contributed by atoms with Gasteiger partial charge in [0.05, 0.1) is 6.07 Å². The maximum atomic E-state index is 9.39. The summed E-state index contributed by atoms with van der Waals surface area (Å²) in [5.74, 6) is 0. The van der Waals surface area contributed by atoms with E-state index in [1.165, 1.54) is 6.42 Å². The van der Waals surface area contributed by atoms with Gasteiger partial charge in [0.15, 0.2) is 0 Å². The molecular weight excluding hydrogens is 236 g/mol. The van der Waals surface area contributed by atoms with Crippen molar-refractivity contribution in [3.8, 4) is 6.07 Å². The molecule has 0 aromatic carbocycles. The van der Waals surface area contributed by atoms with Crippen LogP contribution in [0.25, 0.3) is 0 Å². The molecule has 4 nitrogen and oxygen atoms in total. The maximum Gasteiger partial charge on any atom is 0.116 e. The molecule has 19 heavy (non-hydrogen) atoms. The number of likely N-dealkylation sites (tertiary alicyclic amines) is 1. The van der Waals surface area contributed by atoms with Gasteiger partial charge in [-0.3, -0.25) is 15.1 Å². The van der Waals surface area contributed by atoms with Gasteiger partial charge < -0.3 is 0 Å². The summed E-state index contributed by atoms with van der Waals surface area (Å²) in [6.07, 6.45) is 2.30. The Morgan fingerprint density at radius 3 is 2.58 bits per heavy atom. The van der Waals surface area contributed by atoms with Gasteiger partial charge in [-0.2, -0.15) is 5.26 Å². The topological polar surface area (TPSA) is 42.3 Å². The number of hydrogen-bond donors (Lipinski definition) is 1. The number of rotatable bonds is 8. The van der Waals surface area contributed by atoms with Crippen molar-refractivity contribution in [1.82, 2.24) is 15.1 Å². The Morgan fingerprint density at radius 1 is 1.37 bits per heavy atom. The van der Waals surface area contributed by atoms with Crippen LogP contribution >= 0.6 is 0 Å². The van der Waals surface area contributed by atoms with Crippen LogP contribution in [0.1, 0.15) is 40.5 Å². The van der Waals surface area contributed by atoms with Gasteiger partial charge in [-0.05, 0) is 45.9 Å². The molecule has 1 rings (SSSR count). The lowest BCUT2D eigenvalue weighted by Crippen LogP contribution is -2.50. The first-order valence-electron chi connectivity index (χ1n) is 7.71. The summed E-state index contributed by atoms with van der Waals surface area (Å²) in [4.78, 5) is 4.97. The molecule has 2 unspecified atom stereocenters. The highest BCUT2D eigenvalue weighted by Crippen LogP contribution is 2.18. The minimum absolute atomic E-state index is 0.409. The summed E-state index contributed by atoms with van der Waals surface area (Å²) in [6.45, 7) is 14.8. The first-order chi connectivity index (χ1) is 9.08. The number of likely N-dealkylation sites (N-methyl/N-ethyl adjacent to an activating group) is 1. The molecule has 0 bridgehead atoms. The van der Waals surface area contributed by atoms with Crippen molar-refractivity contribution in [3.63, 3.8) is 0 Å². The fourth-order valence-electron chi connectivity index (χ4n) is 2.97. The van der Waals surface area contributed by atoms with Gasteiger partial charge in [0.25, 0.3) is 0 Å². The zero-order valence-corrected chi connectivity index (χ0v) is 13.1. The van der Waals surface area contributed by atoms with Crippen molar-refractivity contribution < 1.29 is 0 Å². The third-order valence-corrected chi connectivity index (χ3v) is 4.13. The Morgan fingerprint density at radius 2 is 2.05 bits per heavy atom. The van der Waals surface area contributed by atoms with Crippen molar-refractivity contribution in [2.24, 2.45) is 0 Å². The molecule has 1 N–H and O–H groups in total. The van der Waals surface area contributed by atoms with Crippen LogP contribution in [-0.2, 0) is 0 Å². The Hall–Kier alpha value is -0.630. The van der Waals surface area contributed by atoms with Crippen LogP contribution in [0.3, 0.4) is 0 Å². The molecule has 0 radical (unpaired) electrons. The summed E-state index contributed by atoms with van der Waals surface area (Å²) < 4.78 is 0. The third-order valence-electron chi connectivity index (χ3n) is 4.13. The molecule has 1 heterocycles. The summed E-state index contributed by atoms with van der Waals surface area (Å²) in [5.41, 5.74) is -0.409. The summed E-state index contributed by atoms with van der Waals surface area (Å²) in [6, 6.07) is 3.12. The molecule has 2 atom stereocenters. The van der Waals surface area contributed by atoms with Crippen molar-refractivity contribution in [2.45, 2.75) is 52.1 Å². The third kappa shape index (κ3) is 4.76. The van der Waals surface area contributed by atoms with E-state index in [-0.39, 0.29) is 0 Å². The molecule has 1 saturated heterocycles. The molecule has 4 heteroatoms. The Bertz CT molecular complexity index is 295. The molecule has 0 aromatic rings. The minimum atomic E-state index is -0.409. The van der Waals surface area contributed by atoms with Gasteiger partial charge in [0.1, 0.15) is 5.54 Å². The van der Waals surface area contributed by atoms with Gasteiger partial charge in [-0.15, -0.1) is 0 Å². The summed E-state index contributed by atoms with van der Waals surface area (Å²) >= 11 is 0. The van der Waals surface area contributed by atoms with Crippen molar-refractivity contribution in [1.29, 1.82) is 5.26 Å². The second-order valence-corrected chi connectivity index (χ2v) is 5.77. The van der Waals surface area contributed by atoms with E-state index < -0.39 is 5.54 Å². The fourth-order valence-corrected chi connectivity index (χ4v) is 2.97.